The molecule has 0 fully saturated rings. The van der Waals surface area contributed by atoms with Crippen molar-refractivity contribution in [2.24, 2.45) is 0 Å². The molecular weight excluding hydrogens is 939 g/mol. The molecule has 0 saturated heterocycles. The third-order valence-electron chi connectivity index (χ3n) is 14.0. The highest BCUT2D eigenvalue weighted by atomic mass is 32.1. The van der Waals surface area contributed by atoms with Gasteiger partial charge in [-0.25, -0.2) is 0 Å². The Balaban J connectivity index is 1.13. The molecule has 376 valence electrons. The first-order valence-corrected chi connectivity index (χ1v) is 30.0. The van der Waals surface area contributed by atoms with E-state index in [1.165, 1.54) is 231 Å². The minimum Gasteiger partial charge on any atom is -0.166 e. The molecule has 4 aromatic heterocycles. The number of alkyl halides is 6. The summed E-state index contributed by atoms with van der Waals surface area (Å²) in [5.74, 6) is 0. The standard InChI is InChI=1S/C58H78F6S4/c1-3-5-7-9-11-13-15-17-19-21-23-25-27-29-31-33-47-49(43-35-39-45(40-36-43)57(59,60)61)65-53-51(47)67-56-54-52(68-55(53)56)48(50(66-54)44-37-41-46(42-38-44)58(62,63)64)34-32-30-28-26-24-22-20-18-16-14-12-10-8-6-4-2/h35-42H,3-34H2,1-2H3. The van der Waals surface area contributed by atoms with Gasteiger partial charge in [-0.3, -0.25) is 0 Å². The molecule has 6 aromatic rings. The van der Waals surface area contributed by atoms with Crippen molar-refractivity contribution >= 4 is 73.5 Å². The molecule has 0 unspecified atom stereocenters. The van der Waals surface area contributed by atoms with Gasteiger partial charge < -0.3 is 0 Å². The largest absolute Gasteiger partial charge is 0.416 e. The maximum absolute atomic E-state index is 13.6. The molecule has 0 atom stereocenters. The number of thiophene rings is 4. The molecule has 10 heteroatoms. The Bertz CT molecular complexity index is 2150. The van der Waals surface area contributed by atoms with Crippen molar-refractivity contribution < 1.29 is 26.3 Å². The molecule has 0 bridgehead atoms. The lowest BCUT2D eigenvalue weighted by Crippen LogP contribution is -2.04. The molecule has 0 saturated carbocycles. The summed E-state index contributed by atoms with van der Waals surface area (Å²) in [5.41, 5.74) is 2.92. The Morgan fingerprint density at radius 2 is 0.529 bits per heavy atom. The lowest BCUT2D eigenvalue weighted by atomic mass is 10.0. The summed E-state index contributed by atoms with van der Waals surface area (Å²) in [6.45, 7) is 4.53. The van der Waals surface area contributed by atoms with Gasteiger partial charge in [0.15, 0.2) is 0 Å². The highest BCUT2D eigenvalue weighted by Crippen LogP contribution is 2.56. The van der Waals surface area contributed by atoms with E-state index in [9.17, 15) is 26.3 Å². The first kappa shape index (κ1) is 54.9. The Labute approximate surface area is 420 Å². The summed E-state index contributed by atoms with van der Waals surface area (Å²) in [5, 5.41) is 0. The Morgan fingerprint density at radius 1 is 0.294 bits per heavy atom. The second-order valence-corrected chi connectivity index (χ2v) is 23.6. The number of unbranched alkanes of at least 4 members (excludes halogenated alkanes) is 28. The van der Waals surface area contributed by atoms with Crippen LogP contribution in [-0.2, 0) is 25.2 Å². The van der Waals surface area contributed by atoms with Gasteiger partial charge in [0.25, 0.3) is 0 Å². The van der Waals surface area contributed by atoms with E-state index in [1.54, 1.807) is 46.9 Å². The van der Waals surface area contributed by atoms with Crippen LogP contribution in [0.1, 0.15) is 229 Å². The first-order valence-electron chi connectivity index (χ1n) is 26.8. The van der Waals surface area contributed by atoms with E-state index in [4.69, 9.17) is 0 Å². The van der Waals surface area contributed by atoms with Gasteiger partial charge in [-0.15, -0.1) is 45.3 Å². The molecular formula is C58H78F6S4. The summed E-state index contributed by atoms with van der Waals surface area (Å²) in [6, 6.07) is 11.4. The minimum atomic E-state index is -4.39. The van der Waals surface area contributed by atoms with E-state index in [0.29, 0.717) is 0 Å². The van der Waals surface area contributed by atoms with E-state index in [0.717, 1.165) is 59.4 Å². The first-order chi connectivity index (χ1) is 33.0. The van der Waals surface area contributed by atoms with E-state index in [-0.39, 0.29) is 0 Å². The highest BCUT2D eigenvalue weighted by Gasteiger charge is 2.32. The van der Waals surface area contributed by atoms with Crippen molar-refractivity contribution in [3.63, 3.8) is 0 Å². The van der Waals surface area contributed by atoms with Crippen LogP contribution >= 0.6 is 45.3 Å². The second kappa shape index (κ2) is 28.6. The Morgan fingerprint density at radius 3 is 0.779 bits per heavy atom. The summed E-state index contributed by atoms with van der Waals surface area (Å²) in [4.78, 5) is 2.15. The van der Waals surface area contributed by atoms with Crippen LogP contribution in [0.25, 0.3) is 49.1 Å². The third-order valence-corrected chi connectivity index (χ3v) is 19.7. The van der Waals surface area contributed by atoms with Crippen molar-refractivity contribution in [2.75, 3.05) is 0 Å². The smallest absolute Gasteiger partial charge is 0.166 e. The van der Waals surface area contributed by atoms with Crippen LogP contribution in [0.2, 0.25) is 0 Å². The summed E-state index contributed by atoms with van der Waals surface area (Å²) >= 11 is 7.06. The highest BCUT2D eigenvalue weighted by molar-refractivity contribution is 7.45. The number of benzene rings is 2. The van der Waals surface area contributed by atoms with Gasteiger partial charge >= 0.3 is 12.4 Å². The quantitative estimate of drug-likeness (QED) is 0.0279. The second-order valence-electron chi connectivity index (χ2n) is 19.5. The molecule has 0 aliphatic rings. The molecule has 0 radical (unpaired) electrons. The van der Waals surface area contributed by atoms with Gasteiger partial charge in [-0.2, -0.15) is 26.3 Å². The van der Waals surface area contributed by atoms with E-state index in [2.05, 4.69) is 13.8 Å². The van der Waals surface area contributed by atoms with Gasteiger partial charge in [-0.1, -0.05) is 218 Å². The lowest BCUT2D eigenvalue weighted by Gasteiger charge is -2.09. The van der Waals surface area contributed by atoms with Gasteiger partial charge in [0.2, 0.25) is 0 Å². The number of rotatable bonds is 34. The predicted molar refractivity (Wildman–Crippen MR) is 289 cm³/mol. The normalized spacial score (nSPS) is 12.5. The van der Waals surface area contributed by atoms with Crippen molar-refractivity contribution in [1.82, 2.24) is 0 Å². The Hall–Kier alpha value is -2.40. The number of hydrogen-bond acceptors (Lipinski definition) is 4. The zero-order valence-electron chi connectivity index (χ0n) is 41.1. The fourth-order valence-electron chi connectivity index (χ4n) is 9.90. The number of aryl methyl sites for hydroxylation is 2. The van der Waals surface area contributed by atoms with E-state index >= 15 is 0 Å². The number of halogens is 6. The SMILES string of the molecule is CCCCCCCCCCCCCCCCCc1c(-c2ccc(C(F)(F)F)cc2)sc2c1sc1c3sc(-c4ccc(C(F)(F)F)cc4)c(CCCCCCCCCCCCCCCCC)c3sc21. The van der Waals surface area contributed by atoms with E-state index < -0.39 is 23.5 Å². The van der Waals surface area contributed by atoms with Crippen LogP contribution in [0.5, 0.6) is 0 Å². The molecule has 0 aliphatic heterocycles. The molecule has 4 heterocycles. The van der Waals surface area contributed by atoms with Crippen LogP contribution in [0.3, 0.4) is 0 Å². The monoisotopic (exact) mass is 1020 g/mol. The predicted octanol–water partition coefficient (Wildman–Crippen LogP) is 23.6. The lowest BCUT2D eigenvalue weighted by molar-refractivity contribution is -0.138. The van der Waals surface area contributed by atoms with Crippen molar-refractivity contribution in [2.45, 2.75) is 232 Å². The van der Waals surface area contributed by atoms with Crippen LogP contribution in [0.4, 0.5) is 26.3 Å². The van der Waals surface area contributed by atoms with Crippen molar-refractivity contribution in [3.8, 4) is 20.9 Å². The van der Waals surface area contributed by atoms with Crippen LogP contribution in [0.15, 0.2) is 48.5 Å². The van der Waals surface area contributed by atoms with Crippen molar-refractivity contribution in [1.29, 1.82) is 0 Å². The zero-order valence-corrected chi connectivity index (χ0v) is 44.4. The van der Waals surface area contributed by atoms with Crippen LogP contribution in [-0.4, -0.2) is 0 Å². The fourth-order valence-corrected chi connectivity index (χ4v) is 16.2. The minimum absolute atomic E-state index is 0.630. The average molecular weight is 1020 g/mol. The molecule has 6 rings (SSSR count). The maximum Gasteiger partial charge on any atom is 0.416 e. The topological polar surface area (TPSA) is 0 Å². The Kier molecular flexibility index (Phi) is 23.1. The molecule has 0 amide bonds. The maximum atomic E-state index is 13.6. The van der Waals surface area contributed by atoms with Gasteiger partial charge in [0.05, 0.1) is 39.3 Å². The molecule has 2 aromatic carbocycles. The summed E-state index contributed by atoms with van der Waals surface area (Å²) in [7, 11) is 0. The third kappa shape index (κ3) is 16.3. The number of fused-ring (bicyclic) bond motifs is 5. The van der Waals surface area contributed by atoms with Gasteiger partial charge in [0.1, 0.15) is 0 Å². The molecule has 0 N–H and O–H groups in total. The van der Waals surface area contributed by atoms with Crippen LogP contribution in [0, 0.1) is 0 Å². The molecule has 0 spiro atoms. The van der Waals surface area contributed by atoms with Crippen LogP contribution < -0.4 is 0 Å². The van der Waals surface area contributed by atoms with Crippen molar-refractivity contribution in [3.05, 3.63) is 70.8 Å². The summed E-state index contributed by atoms with van der Waals surface area (Å²) in [6.07, 6.45) is 31.9. The molecule has 0 aliphatic carbocycles. The molecule has 0 nitrogen and oxygen atoms in total. The molecule has 68 heavy (non-hydrogen) atoms. The fraction of sp³-hybridized carbons (Fsp3) is 0.621. The zero-order chi connectivity index (χ0) is 48.2. The van der Waals surface area contributed by atoms with E-state index in [1.807, 2.05) is 22.7 Å². The number of hydrogen-bond donors (Lipinski definition) is 0. The van der Waals surface area contributed by atoms with Gasteiger partial charge in [-0.05, 0) is 72.2 Å². The summed E-state index contributed by atoms with van der Waals surface area (Å²) < 4.78 is 89.2. The van der Waals surface area contributed by atoms with Gasteiger partial charge in [0, 0.05) is 9.75 Å². The average Bonchev–Trinajstić information content (AvgIpc) is 4.06.